The number of aromatic nitrogens is 1. The zero-order valence-electron chi connectivity index (χ0n) is 11.4. The number of nitrogens with zero attached hydrogens (tertiary/aromatic N) is 2. The van der Waals surface area contributed by atoms with Crippen LogP contribution in [0.5, 0.6) is 5.88 Å². The van der Waals surface area contributed by atoms with Crippen LogP contribution < -0.4 is 9.64 Å². The van der Waals surface area contributed by atoms with Crippen molar-refractivity contribution >= 4 is 23.4 Å². The minimum Gasteiger partial charge on any atom is -0.480 e. The molecule has 5 nitrogen and oxygen atoms in total. The molecule has 0 saturated carbocycles. The lowest BCUT2D eigenvalue weighted by Gasteiger charge is -2.23. The number of halogens is 3. The predicted molar refractivity (Wildman–Crippen MR) is 73.8 cm³/mol. The van der Waals surface area contributed by atoms with Gasteiger partial charge in [-0.1, -0.05) is 11.6 Å². The molecule has 1 aliphatic rings. The molecule has 0 aromatic carbocycles. The Bertz CT molecular complexity index is 554. The van der Waals surface area contributed by atoms with E-state index in [2.05, 4.69) is 4.98 Å². The SMILES string of the molecule is COc1nc(N2CCCC(F)(F)CC2)c(C(=O)O)cc1Cl. The molecule has 1 aliphatic heterocycles. The van der Waals surface area contributed by atoms with E-state index in [1.807, 2.05) is 0 Å². The van der Waals surface area contributed by atoms with Crippen molar-refractivity contribution in [3.05, 3.63) is 16.7 Å². The highest BCUT2D eigenvalue weighted by Gasteiger charge is 2.33. The van der Waals surface area contributed by atoms with Crippen LogP contribution in [0.2, 0.25) is 5.02 Å². The zero-order chi connectivity index (χ0) is 15.6. The number of hydrogen-bond acceptors (Lipinski definition) is 4. The third-order valence-electron chi connectivity index (χ3n) is 3.37. The van der Waals surface area contributed by atoms with Gasteiger partial charge in [0.05, 0.1) is 7.11 Å². The Labute approximate surface area is 125 Å². The Morgan fingerprint density at radius 1 is 1.48 bits per heavy atom. The lowest BCUT2D eigenvalue weighted by molar-refractivity contribution is -0.0102. The van der Waals surface area contributed by atoms with Crippen LogP contribution in [0.4, 0.5) is 14.6 Å². The summed E-state index contributed by atoms with van der Waals surface area (Å²) in [6, 6.07) is 1.23. The number of pyridine rings is 1. The summed E-state index contributed by atoms with van der Waals surface area (Å²) in [5.74, 6) is -3.75. The number of methoxy groups -OCH3 is 1. The quantitative estimate of drug-likeness (QED) is 0.927. The number of carboxylic acids is 1. The normalized spacial score (nSPS) is 18.2. The average molecular weight is 321 g/mol. The van der Waals surface area contributed by atoms with Gasteiger partial charge in [0.15, 0.2) is 0 Å². The van der Waals surface area contributed by atoms with Crippen LogP contribution in [0.1, 0.15) is 29.6 Å². The van der Waals surface area contributed by atoms with E-state index < -0.39 is 11.9 Å². The molecule has 0 unspecified atom stereocenters. The Morgan fingerprint density at radius 2 is 2.19 bits per heavy atom. The smallest absolute Gasteiger partial charge is 0.339 e. The van der Waals surface area contributed by atoms with Crippen molar-refractivity contribution in [3.63, 3.8) is 0 Å². The Morgan fingerprint density at radius 3 is 2.81 bits per heavy atom. The summed E-state index contributed by atoms with van der Waals surface area (Å²) >= 11 is 5.87. The van der Waals surface area contributed by atoms with Gasteiger partial charge in [0.2, 0.25) is 11.8 Å². The fourth-order valence-corrected chi connectivity index (χ4v) is 2.51. The largest absolute Gasteiger partial charge is 0.480 e. The number of hydrogen-bond donors (Lipinski definition) is 1. The van der Waals surface area contributed by atoms with Crippen LogP contribution in [-0.2, 0) is 0 Å². The second-order valence-corrected chi connectivity index (χ2v) is 5.26. The third kappa shape index (κ3) is 3.53. The van der Waals surface area contributed by atoms with Gasteiger partial charge in [-0.25, -0.2) is 13.6 Å². The molecule has 0 radical (unpaired) electrons. The predicted octanol–water partition coefficient (Wildman–Crippen LogP) is 3.07. The summed E-state index contributed by atoms with van der Waals surface area (Å²) in [4.78, 5) is 16.9. The van der Waals surface area contributed by atoms with Gasteiger partial charge in [-0.05, 0) is 12.5 Å². The maximum Gasteiger partial charge on any atom is 0.339 e. The molecule has 0 aliphatic carbocycles. The zero-order valence-corrected chi connectivity index (χ0v) is 12.2. The van der Waals surface area contributed by atoms with Crippen molar-refractivity contribution in [2.24, 2.45) is 0 Å². The molecule has 0 bridgehead atoms. The highest BCUT2D eigenvalue weighted by Crippen LogP contribution is 2.33. The summed E-state index contributed by atoms with van der Waals surface area (Å²) in [6.45, 7) is 0.346. The van der Waals surface area contributed by atoms with Crippen LogP contribution in [0.25, 0.3) is 0 Å². The topological polar surface area (TPSA) is 62.7 Å². The standard InChI is InChI=1S/C13H15ClF2N2O3/c1-21-11-9(14)7-8(12(19)20)10(17-11)18-5-2-3-13(15,16)4-6-18/h7H,2-6H2,1H3,(H,19,20). The molecule has 0 atom stereocenters. The van der Waals surface area contributed by atoms with Gasteiger partial charge in [-0.3, -0.25) is 0 Å². The molecule has 1 saturated heterocycles. The summed E-state index contributed by atoms with van der Waals surface area (Å²) in [6.07, 6.45) is -0.284. The second kappa shape index (κ2) is 6.01. The summed E-state index contributed by atoms with van der Waals surface area (Å²) in [7, 11) is 1.36. The number of ether oxygens (including phenoxy) is 1. The molecule has 1 aromatic rings. The number of carbonyl (C=O) groups is 1. The van der Waals surface area contributed by atoms with E-state index in [1.165, 1.54) is 13.2 Å². The van der Waals surface area contributed by atoms with Crippen LogP contribution in [-0.4, -0.2) is 42.2 Å². The summed E-state index contributed by atoms with van der Waals surface area (Å²) in [5, 5.41) is 9.31. The molecule has 2 rings (SSSR count). The van der Waals surface area contributed by atoms with E-state index in [0.29, 0.717) is 6.54 Å². The van der Waals surface area contributed by atoms with Gasteiger partial charge in [-0.15, -0.1) is 0 Å². The second-order valence-electron chi connectivity index (χ2n) is 4.85. The van der Waals surface area contributed by atoms with Crippen LogP contribution >= 0.6 is 11.6 Å². The first kappa shape index (κ1) is 15.8. The highest BCUT2D eigenvalue weighted by molar-refractivity contribution is 6.32. The minimum atomic E-state index is -2.73. The highest BCUT2D eigenvalue weighted by atomic mass is 35.5. The van der Waals surface area contributed by atoms with Crippen LogP contribution in [0.15, 0.2) is 6.07 Å². The van der Waals surface area contributed by atoms with E-state index in [1.54, 1.807) is 4.90 Å². The van der Waals surface area contributed by atoms with Crippen LogP contribution in [0, 0.1) is 0 Å². The summed E-state index contributed by atoms with van der Waals surface area (Å²) < 4.78 is 31.8. The van der Waals surface area contributed by atoms with Crippen molar-refractivity contribution < 1.29 is 23.4 Å². The molecule has 0 amide bonds. The lowest BCUT2D eigenvalue weighted by atomic mass is 10.1. The first-order chi connectivity index (χ1) is 9.84. The molecular formula is C13H15ClF2N2O3. The van der Waals surface area contributed by atoms with Crippen molar-refractivity contribution in [3.8, 4) is 5.88 Å². The van der Waals surface area contributed by atoms with Crippen molar-refractivity contribution in [2.75, 3.05) is 25.1 Å². The molecule has 116 valence electrons. The average Bonchev–Trinajstić information content (AvgIpc) is 2.59. The number of rotatable bonds is 3. The maximum atomic E-state index is 13.4. The molecule has 1 N–H and O–H groups in total. The monoisotopic (exact) mass is 320 g/mol. The van der Waals surface area contributed by atoms with Gasteiger partial charge in [0.25, 0.3) is 0 Å². The number of alkyl halides is 2. The molecule has 1 fully saturated rings. The first-order valence-corrected chi connectivity index (χ1v) is 6.82. The van der Waals surface area contributed by atoms with Gasteiger partial charge in [0, 0.05) is 25.9 Å². The number of anilines is 1. The Balaban J connectivity index is 2.39. The van der Waals surface area contributed by atoms with Gasteiger partial charge >= 0.3 is 5.97 Å². The van der Waals surface area contributed by atoms with E-state index in [0.717, 1.165) is 0 Å². The summed E-state index contributed by atoms with van der Waals surface area (Å²) in [5.41, 5.74) is -0.119. The third-order valence-corrected chi connectivity index (χ3v) is 3.64. The fraction of sp³-hybridized carbons (Fsp3) is 0.538. The molecule has 21 heavy (non-hydrogen) atoms. The van der Waals surface area contributed by atoms with Crippen molar-refractivity contribution in [1.29, 1.82) is 0 Å². The molecule has 8 heteroatoms. The van der Waals surface area contributed by atoms with Gasteiger partial charge < -0.3 is 14.7 Å². The molecular weight excluding hydrogens is 306 g/mol. The minimum absolute atomic E-state index is 0.0328. The Kier molecular flexibility index (Phi) is 4.51. The van der Waals surface area contributed by atoms with Crippen LogP contribution in [0.3, 0.4) is 0 Å². The van der Waals surface area contributed by atoms with E-state index in [4.69, 9.17) is 16.3 Å². The Hall–Kier alpha value is -1.63. The first-order valence-electron chi connectivity index (χ1n) is 6.44. The molecule has 2 heterocycles. The van der Waals surface area contributed by atoms with Gasteiger partial charge in [0.1, 0.15) is 16.4 Å². The van der Waals surface area contributed by atoms with E-state index in [-0.39, 0.29) is 48.1 Å². The number of aromatic carboxylic acids is 1. The number of carboxylic acid groups (broad SMARTS) is 1. The maximum absolute atomic E-state index is 13.4. The molecule has 1 aromatic heterocycles. The van der Waals surface area contributed by atoms with Crippen molar-refractivity contribution in [1.82, 2.24) is 4.98 Å². The van der Waals surface area contributed by atoms with Crippen molar-refractivity contribution in [2.45, 2.75) is 25.2 Å². The van der Waals surface area contributed by atoms with Gasteiger partial charge in [-0.2, -0.15) is 4.98 Å². The van der Waals surface area contributed by atoms with E-state index >= 15 is 0 Å². The molecule has 0 spiro atoms. The fourth-order valence-electron chi connectivity index (χ4n) is 2.28. The van der Waals surface area contributed by atoms with E-state index in [9.17, 15) is 18.7 Å². The lowest BCUT2D eigenvalue weighted by Crippen LogP contribution is -2.28.